The molecule has 6 aromatic carbocycles. The third-order valence-electron chi connectivity index (χ3n) is 9.47. The maximum absolute atomic E-state index is 13.1. The number of benzene rings is 6. The molecule has 7 rings (SSSR count). The van der Waals surface area contributed by atoms with E-state index in [2.05, 4.69) is 83.4 Å². The summed E-state index contributed by atoms with van der Waals surface area (Å²) < 4.78 is 11.8. The predicted molar refractivity (Wildman–Crippen MR) is 204 cm³/mol. The Balaban J connectivity index is 1.18. The van der Waals surface area contributed by atoms with E-state index in [0.717, 1.165) is 22.3 Å². The Bertz CT molecular complexity index is 2050. The van der Waals surface area contributed by atoms with Crippen LogP contribution in [0.4, 0.5) is 11.4 Å². The smallest absolute Gasteiger partial charge is 0.265 e. The van der Waals surface area contributed by atoms with Crippen LogP contribution in [0.5, 0.6) is 11.5 Å². The highest BCUT2D eigenvalue weighted by Gasteiger charge is 2.45. The van der Waals surface area contributed by atoms with Crippen molar-refractivity contribution in [3.8, 4) is 22.6 Å². The van der Waals surface area contributed by atoms with Crippen LogP contribution in [0.2, 0.25) is 0 Å². The first-order valence-electron chi connectivity index (χ1n) is 17.2. The first-order valence-corrected chi connectivity index (χ1v) is 17.2. The topological polar surface area (TPSA) is 76.7 Å². The van der Waals surface area contributed by atoms with Gasteiger partial charge in [-0.25, -0.2) is 0 Å². The summed E-state index contributed by atoms with van der Waals surface area (Å²) in [6, 6.07) is 48.5. The number of anilines is 2. The molecule has 0 radical (unpaired) electrons. The molecule has 6 aromatic rings. The van der Waals surface area contributed by atoms with Gasteiger partial charge in [0.05, 0.1) is 5.41 Å². The molecule has 2 unspecified atom stereocenters. The molecule has 0 aromatic heterocycles. The highest BCUT2D eigenvalue weighted by molar-refractivity contribution is 5.95. The van der Waals surface area contributed by atoms with Crippen LogP contribution >= 0.6 is 0 Å². The lowest BCUT2D eigenvalue weighted by Gasteiger charge is -2.34. The van der Waals surface area contributed by atoms with Gasteiger partial charge in [-0.1, -0.05) is 97.1 Å². The number of fused-ring (bicyclic) bond motifs is 3. The van der Waals surface area contributed by atoms with Gasteiger partial charge in [-0.2, -0.15) is 0 Å². The number of aryl methyl sites for hydroxylation is 2. The summed E-state index contributed by atoms with van der Waals surface area (Å²) in [5.41, 5.74) is 9.64. The van der Waals surface area contributed by atoms with Gasteiger partial charge in [0.15, 0.2) is 12.2 Å². The summed E-state index contributed by atoms with van der Waals surface area (Å²) >= 11 is 0. The lowest BCUT2D eigenvalue weighted by Crippen LogP contribution is -2.31. The van der Waals surface area contributed by atoms with Gasteiger partial charge in [0, 0.05) is 11.4 Å². The van der Waals surface area contributed by atoms with Gasteiger partial charge in [0.1, 0.15) is 11.5 Å². The minimum Gasteiger partial charge on any atom is -0.481 e. The Morgan fingerprint density at radius 1 is 0.510 bits per heavy atom. The van der Waals surface area contributed by atoms with E-state index in [1.807, 2.05) is 86.6 Å². The van der Waals surface area contributed by atoms with Crippen molar-refractivity contribution in [2.24, 2.45) is 0 Å². The average Bonchev–Trinajstić information content (AvgIpc) is 3.43. The largest absolute Gasteiger partial charge is 0.481 e. The van der Waals surface area contributed by atoms with Crippen LogP contribution in [0.15, 0.2) is 146 Å². The lowest BCUT2D eigenvalue weighted by molar-refractivity contribution is -0.122. The molecule has 0 heterocycles. The van der Waals surface area contributed by atoms with E-state index in [0.29, 0.717) is 22.9 Å². The van der Waals surface area contributed by atoms with Crippen molar-refractivity contribution in [1.82, 2.24) is 0 Å². The van der Waals surface area contributed by atoms with Gasteiger partial charge < -0.3 is 20.1 Å². The standard InChI is InChI=1S/C45H40N2O4/c1-29-11-9-13-37(27-29)50-31(3)43(48)46-35-23-19-33(20-24-35)45(41-17-7-5-15-39(41)40-16-6-8-18-42(40)45)34-21-25-36(26-22-34)47-44(49)32(4)51-38-14-10-12-30(2)28-38/h5-28,31-32H,1-4H3,(H,46,48)(H,47,49). The Morgan fingerprint density at radius 3 is 1.29 bits per heavy atom. The highest BCUT2D eigenvalue weighted by atomic mass is 16.5. The molecule has 1 aliphatic carbocycles. The van der Waals surface area contributed by atoms with Crippen LogP contribution < -0.4 is 20.1 Å². The number of carbonyl (C=O) groups is 2. The third-order valence-corrected chi connectivity index (χ3v) is 9.47. The van der Waals surface area contributed by atoms with Gasteiger partial charge >= 0.3 is 0 Å². The van der Waals surface area contributed by atoms with Crippen LogP contribution in [0, 0.1) is 13.8 Å². The molecule has 51 heavy (non-hydrogen) atoms. The molecular formula is C45H40N2O4. The summed E-state index contributed by atoms with van der Waals surface area (Å²) in [5, 5.41) is 6.05. The summed E-state index contributed by atoms with van der Waals surface area (Å²) in [4.78, 5) is 26.3. The maximum atomic E-state index is 13.1. The molecule has 2 amide bonds. The monoisotopic (exact) mass is 672 g/mol. The van der Waals surface area contributed by atoms with E-state index in [9.17, 15) is 9.59 Å². The maximum Gasteiger partial charge on any atom is 0.265 e. The van der Waals surface area contributed by atoms with Crippen LogP contribution in [-0.2, 0) is 15.0 Å². The van der Waals surface area contributed by atoms with Crippen LogP contribution in [0.1, 0.15) is 47.2 Å². The van der Waals surface area contributed by atoms with Crippen LogP contribution in [0.25, 0.3) is 11.1 Å². The van der Waals surface area contributed by atoms with Crippen LogP contribution in [0.3, 0.4) is 0 Å². The second kappa shape index (κ2) is 14.0. The van der Waals surface area contributed by atoms with Gasteiger partial charge in [-0.15, -0.1) is 0 Å². The molecule has 0 bridgehead atoms. The zero-order chi connectivity index (χ0) is 35.5. The second-order valence-corrected chi connectivity index (χ2v) is 13.1. The van der Waals surface area contributed by atoms with Crippen molar-refractivity contribution in [3.63, 3.8) is 0 Å². The first kappa shape index (κ1) is 33.4. The summed E-state index contributed by atoms with van der Waals surface area (Å²) in [6.07, 6.45) is -1.36. The minimum absolute atomic E-state index is 0.230. The predicted octanol–water partition coefficient (Wildman–Crippen LogP) is 9.48. The normalized spacial score (nSPS) is 13.6. The molecule has 2 N–H and O–H groups in total. The SMILES string of the molecule is Cc1cccc(OC(C)C(=O)Nc2ccc(C3(c4ccc(NC(=O)C(C)Oc5cccc(C)c5)cc4)c4ccccc4-c4ccccc43)cc2)c1. The highest BCUT2D eigenvalue weighted by Crippen LogP contribution is 2.56. The quantitative estimate of drug-likeness (QED) is 0.152. The number of hydrogen-bond donors (Lipinski definition) is 2. The molecule has 0 aliphatic heterocycles. The Kier molecular flexibility index (Phi) is 9.16. The van der Waals surface area contributed by atoms with Crippen molar-refractivity contribution in [3.05, 3.63) is 179 Å². The Morgan fingerprint density at radius 2 is 0.902 bits per heavy atom. The van der Waals surface area contributed by atoms with E-state index in [-0.39, 0.29) is 11.8 Å². The zero-order valence-corrected chi connectivity index (χ0v) is 29.1. The molecule has 6 heteroatoms. The fourth-order valence-electron chi connectivity index (χ4n) is 7.01. The first-order chi connectivity index (χ1) is 24.7. The van der Waals surface area contributed by atoms with Crippen molar-refractivity contribution >= 4 is 23.2 Å². The second-order valence-electron chi connectivity index (χ2n) is 13.1. The van der Waals surface area contributed by atoms with Crippen LogP contribution in [-0.4, -0.2) is 24.0 Å². The molecule has 0 fully saturated rings. The molecule has 2 atom stereocenters. The Hall–Kier alpha value is -6.14. The summed E-state index contributed by atoms with van der Waals surface area (Å²) in [5.74, 6) is 0.854. The average molecular weight is 673 g/mol. The Labute approximate surface area is 299 Å². The number of amides is 2. The fraction of sp³-hybridized carbons (Fsp3) is 0.156. The molecule has 0 saturated heterocycles. The summed E-state index contributed by atoms with van der Waals surface area (Å²) in [6.45, 7) is 7.47. The zero-order valence-electron chi connectivity index (χ0n) is 29.1. The van der Waals surface area contributed by atoms with Crippen molar-refractivity contribution < 1.29 is 19.1 Å². The van der Waals surface area contributed by atoms with Gasteiger partial charge in [-0.3, -0.25) is 9.59 Å². The number of rotatable bonds is 10. The lowest BCUT2D eigenvalue weighted by atomic mass is 9.67. The van der Waals surface area contributed by atoms with Crippen molar-refractivity contribution in [2.75, 3.05) is 10.6 Å². The van der Waals surface area contributed by atoms with Crippen molar-refractivity contribution in [2.45, 2.75) is 45.3 Å². The molecular weight excluding hydrogens is 633 g/mol. The molecule has 6 nitrogen and oxygen atoms in total. The van der Waals surface area contributed by atoms with Gasteiger partial charge in [0.2, 0.25) is 0 Å². The number of nitrogens with one attached hydrogen (secondary N) is 2. The van der Waals surface area contributed by atoms with Gasteiger partial charge in [-0.05, 0) is 121 Å². The molecule has 1 aliphatic rings. The van der Waals surface area contributed by atoms with E-state index in [4.69, 9.17) is 9.47 Å². The van der Waals surface area contributed by atoms with E-state index < -0.39 is 17.6 Å². The summed E-state index contributed by atoms with van der Waals surface area (Å²) in [7, 11) is 0. The number of ether oxygens (including phenoxy) is 2. The van der Waals surface area contributed by atoms with E-state index in [1.165, 1.54) is 22.3 Å². The number of hydrogen-bond acceptors (Lipinski definition) is 4. The third kappa shape index (κ3) is 6.61. The fourth-order valence-corrected chi connectivity index (χ4v) is 7.01. The van der Waals surface area contributed by atoms with E-state index >= 15 is 0 Å². The van der Waals surface area contributed by atoms with Crippen molar-refractivity contribution in [1.29, 1.82) is 0 Å². The molecule has 254 valence electrons. The minimum atomic E-state index is -0.678. The number of carbonyl (C=O) groups excluding carboxylic acids is 2. The van der Waals surface area contributed by atoms with E-state index in [1.54, 1.807) is 13.8 Å². The molecule has 0 saturated carbocycles. The molecule has 0 spiro atoms. The van der Waals surface area contributed by atoms with Gasteiger partial charge in [0.25, 0.3) is 11.8 Å².